The van der Waals surface area contributed by atoms with E-state index in [1.54, 1.807) is 0 Å². The molecule has 1 aromatic rings. The van der Waals surface area contributed by atoms with Crippen molar-refractivity contribution >= 4 is 11.6 Å². The van der Waals surface area contributed by atoms with Gasteiger partial charge in [0, 0.05) is 30.9 Å². The van der Waals surface area contributed by atoms with Crippen LogP contribution in [-0.2, 0) is 6.54 Å². The Morgan fingerprint density at radius 3 is 3.12 bits per heavy atom. The minimum atomic E-state index is 0.653. The van der Waals surface area contributed by atoms with Gasteiger partial charge in [-0.1, -0.05) is 6.42 Å². The van der Waals surface area contributed by atoms with Crippen molar-refractivity contribution in [3.05, 3.63) is 18.7 Å². The van der Waals surface area contributed by atoms with E-state index in [1.807, 2.05) is 18.7 Å². The quantitative estimate of drug-likeness (QED) is 0.612. The number of aromatic nitrogens is 2. The van der Waals surface area contributed by atoms with Gasteiger partial charge in [-0.05, 0) is 31.7 Å². The zero-order valence-corrected chi connectivity index (χ0v) is 10.4. The predicted octanol–water partition coefficient (Wildman–Crippen LogP) is 2.27. The van der Waals surface area contributed by atoms with Crippen LogP contribution in [0.4, 0.5) is 0 Å². The first-order valence-corrected chi connectivity index (χ1v) is 6.68. The molecule has 2 unspecified atom stereocenters. The Morgan fingerprint density at radius 2 is 2.38 bits per heavy atom. The second-order valence-corrected chi connectivity index (χ2v) is 4.87. The summed E-state index contributed by atoms with van der Waals surface area (Å²) in [5, 5.41) is 3.63. The molecule has 0 amide bonds. The lowest BCUT2D eigenvalue weighted by atomic mass is 10.1. The highest BCUT2D eigenvalue weighted by Gasteiger charge is 2.25. The zero-order valence-electron chi connectivity index (χ0n) is 9.61. The van der Waals surface area contributed by atoms with Gasteiger partial charge in [-0.3, -0.25) is 0 Å². The van der Waals surface area contributed by atoms with Crippen LogP contribution in [0.15, 0.2) is 18.7 Å². The molecule has 16 heavy (non-hydrogen) atoms. The van der Waals surface area contributed by atoms with Crippen LogP contribution in [0.3, 0.4) is 0 Å². The molecule has 1 aliphatic rings. The van der Waals surface area contributed by atoms with Crippen LogP contribution in [0.25, 0.3) is 0 Å². The normalized spacial score (nSPS) is 25.1. The van der Waals surface area contributed by atoms with Crippen LogP contribution in [0.1, 0.15) is 25.7 Å². The summed E-state index contributed by atoms with van der Waals surface area (Å²) < 4.78 is 2.12. The fourth-order valence-corrected chi connectivity index (χ4v) is 2.83. The molecule has 0 aromatic carbocycles. The highest BCUT2D eigenvalue weighted by Crippen LogP contribution is 2.26. The Kier molecular flexibility index (Phi) is 4.67. The van der Waals surface area contributed by atoms with Gasteiger partial charge in [0.25, 0.3) is 0 Å². The molecule has 0 radical (unpaired) electrons. The van der Waals surface area contributed by atoms with Gasteiger partial charge >= 0.3 is 0 Å². The Hall–Kier alpha value is -0.540. The lowest BCUT2D eigenvalue weighted by Gasteiger charge is -2.18. The number of hydrogen-bond donors (Lipinski definition) is 1. The number of nitrogens with one attached hydrogen (secondary N) is 1. The molecule has 1 saturated carbocycles. The molecular formula is C12H20ClN3. The van der Waals surface area contributed by atoms with Crippen LogP contribution < -0.4 is 5.32 Å². The summed E-state index contributed by atoms with van der Waals surface area (Å²) in [7, 11) is 0. The predicted molar refractivity (Wildman–Crippen MR) is 66.7 cm³/mol. The van der Waals surface area contributed by atoms with Gasteiger partial charge in [-0.15, -0.1) is 11.6 Å². The third-order valence-electron chi connectivity index (χ3n) is 3.42. The fourth-order valence-electron chi connectivity index (χ4n) is 2.46. The second-order valence-electron chi connectivity index (χ2n) is 4.56. The van der Waals surface area contributed by atoms with Gasteiger partial charge in [-0.2, -0.15) is 0 Å². The second kappa shape index (κ2) is 6.26. The summed E-state index contributed by atoms with van der Waals surface area (Å²) in [6.07, 6.45) is 10.8. The first-order chi connectivity index (χ1) is 7.90. The molecule has 1 aromatic heterocycles. The van der Waals surface area contributed by atoms with Crippen molar-refractivity contribution in [2.75, 3.05) is 12.4 Å². The number of imidazole rings is 1. The third kappa shape index (κ3) is 3.22. The SMILES string of the molecule is ClCC1CCCC1NCCCn1ccnc1. The van der Waals surface area contributed by atoms with Gasteiger partial charge < -0.3 is 9.88 Å². The number of halogens is 1. The molecule has 0 aliphatic heterocycles. The van der Waals surface area contributed by atoms with Crippen molar-refractivity contribution in [1.29, 1.82) is 0 Å². The van der Waals surface area contributed by atoms with Crippen LogP contribution in [0.2, 0.25) is 0 Å². The molecule has 2 atom stereocenters. The molecule has 1 N–H and O–H groups in total. The summed E-state index contributed by atoms with van der Waals surface area (Å²) >= 11 is 5.94. The fraction of sp³-hybridized carbons (Fsp3) is 0.750. The number of aryl methyl sites for hydroxylation is 1. The van der Waals surface area contributed by atoms with Crippen LogP contribution in [0, 0.1) is 5.92 Å². The Labute approximate surface area is 102 Å². The Bertz CT molecular complexity index is 286. The molecule has 2 rings (SSSR count). The summed E-state index contributed by atoms with van der Waals surface area (Å²) in [6.45, 7) is 2.13. The third-order valence-corrected chi connectivity index (χ3v) is 3.81. The molecule has 0 spiro atoms. The molecule has 0 bridgehead atoms. The van der Waals surface area contributed by atoms with Crippen molar-refractivity contribution in [2.24, 2.45) is 5.92 Å². The van der Waals surface area contributed by atoms with E-state index >= 15 is 0 Å². The lowest BCUT2D eigenvalue weighted by molar-refractivity contribution is 0.420. The molecule has 3 nitrogen and oxygen atoms in total. The van der Waals surface area contributed by atoms with E-state index in [-0.39, 0.29) is 0 Å². The highest BCUT2D eigenvalue weighted by atomic mass is 35.5. The van der Waals surface area contributed by atoms with E-state index < -0.39 is 0 Å². The van der Waals surface area contributed by atoms with E-state index in [4.69, 9.17) is 11.6 Å². The number of rotatable bonds is 6. The first kappa shape index (κ1) is 11.9. The van der Waals surface area contributed by atoms with Gasteiger partial charge in [0.15, 0.2) is 0 Å². The van der Waals surface area contributed by atoms with Crippen molar-refractivity contribution in [3.8, 4) is 0 Å². The maximum atomic E-state index is 5.94. The minimum Gasteiger partial charge on any atom is -0.337 e. The smallest absolute Gasteiger partial charge is 0.0945 e. The van der Waals surface area contributed by atoms with Gasteiger partial charge in [0.1, 0.15) is 0 Å². The summed E-state index contributed by atoms with van der Waals surface area (Å²) in [5.41, 5.74) is 0. The average Bonchev–Trinajstić information content (AvgIpc) is 2.95. The Balaban J connectivity index is 1.61. The molecule has 90 valence electrons. The van der Waals surface area contributed by atoms with Crippen LogP contribution >= 0.6 is 11.6 Å². The number of hydrogen-bond acceptors (Lipinski definition) is 2. The largest absolute Gasteiger partial charge is 0.337 e. The maximum absolute atomic E-state index is 5.94. The van der Waals surface area contributed by atoms with Gasteiger partial charge in [0.05, 0.1) is 6.33 Å². The van der Waals surface area contributed by atoms with E-state index in [9.17, 15) is 0 Å². The minimum absolute atomic E-state index is 0.653. The summed E-state index contributed by atoms with van der Waals surface area (Å²) in [5.74, 6) is 1.49. The Morgan fingerprint density at radius 1 is 1.44 bits per heavy atom. The van der Waals surface area contributed by atoms with Crippen molar-refractivity contribution < 1.29 is 0 Å². The molecule has 1 aliphatic carbocycles. The zero-order chi connectivity index (χ0) is 11.2. The molecule has 0 saturated heterocycles. The monoisotopic (exact) mass is 241 g/mol. The van der Waals surface area contributed by atoms with Gasteiger partial charge in [-0.25, -0.2) is 4.98 Å². The summed E-state index contributed by atoms with van der Waals surface area (Å²) in [4.78, 5) is 4.03. The van der Waals surface area contributed by atoms with Crippen molar-refractivity contribution in [3.63, 3.8) is 0 Å². The van der Waals surface area contributed by atoms with E-state index in [2.05, 4.69) is 14.9 Å². The molecular weight excluding hydrogens is 222 g/mol. The summed E-state index contributed by atoms with van der Waals surface area (Å²) in [6, 6.07) is 0.653. The van der Waals surface area contributed by atoms with E-state index in [0.29, 0.717) is 12.0 Å². The molecule has 4 heteroatoms. The maximum Gasteiger partial charge on any atom is 0.0945 e. The number of nitrogens with zero attached hydrogens (tertiary/aromatic N) is 2. The number of alkyl halides is 1. The van der Waals surface area contributed by atoms with E-state index in [0.717, 1.165) is 25.4 Å². The van der Waals surface area contributed by atoms with Crippen LogP contribution in [0.5, 0.6) is 0 Å². The van der Waals surface area contributed by atoms with Crippen molar-refractivity contribution in [2.45, 2.75) is 38.3 Å². The average molecular weight is 242 g/mol. The highest BCUT2D eigenvalue weighted by molar-refractivity contribution is 6.18. The topological polar surface area (TPSA) is 29.9 Å². The lowest BCUT2D eigenvalue weighted by Crippen LogP contribution is -2.34. The standard InChI is InChI=1S/C12H20ClN3/c13-9-11-3-1-4-12(11)15-5-2-7-16-8-6-14-10-16/h6,8,10-12,15H,1-5,7,9H2. The van der Waals surface area contributed by atoms with Gasteiger partial charge in [0.2, 0.25) is 0 Å². The van der Waals surface area contributed by atoms with Crippen molar-refractivity contribution in [1.82, 2.24) is 14.9 Å². The first-order valence-electron chi connectivity index (χ1n) is 6.15. The molecule has 1 heterocycles. The molecule has 1 fully saturated rings. The van der Waals surface area contributed by atoms with Crippen LogP contribution in [-0.4, -0.2) is 28.0 Å². The van der Waals surface area contributed by atoms with E-state index in [1.165, 1.54) is 19.3 Å².